The maximum absolute atomic E-state index is 7.00. The standard InChI is InChI=1S/C14H28O.C8H18.CH4O/c1-3-4-5-6-7-8-9-10-11-12-14-13(2)15-14;1-5-6-7-8(2,3)4;1-2/h13-14H,3-12H2,1-2H3;5-7H2,1-4H3;2H,1H3. The number of aliphatic hydroxyl groups is 1. The normalized spacial score (nSPS) is 18.7. The van der Waals surface area contributed by atoms with Gasteiger partial charge in [0.25, 0.3) is 0 Å². The summed E-state index contributed by atoms with van der Waals surface area (Å²) in [4.78, 5) is 0. The molecule has 0 radical (unpaired) electrons. The summed E-state index contributed by atoms with van der Waals surface area (Å²) in [6.45, 7) is 13.6. The van der Waals surface area contributed by atoms with Crippen LogP contribution >= 0.6 is 0 Å². The second-order valence-electron chi connectivity index (χ2n) is 8.66. The Hall–Kier alpha value is -0.0800. The first-order valence-corrected chi connectivity index (χ1v) is 11.0. The van der Waals surface area contributed by atoms with Gasteiger partial charge < -0.3 is 9.84 Å². The van der Waals surface area contributed by atoms with Crippen molar-refractivity contribution in [3.05, 3.63) is 0 Å². The maximum Gasteiger partial charge on any atom is 0.0839 e. The van der Waals surface area contributed by atoms with Crippen LogP contribution in [-0.2, 0) is 4.74 Å². The lowest BCUT2D eigenvalue weighted by atomic mass is 9.90. The van der Waals surface area contributed by atoms with Gasteiger partial charge in [0.05, 0.1) is 12.2 Å². The molecule has 2 atom stereocenters. The van der Waals surface area contributed by atoms with Crippen LogP contribution in [-0.4, -0.2) is 24.4 Å². The second kappa shape index (κ2) is 18.7. The van der Waals surface area contributed by atoms with Gasteiger partial charge in [-0.3, -0.25) is 0 Å². The zero-order chi connectivity index (χ0) is 19.6. The molecule has 1 rings (SSSR count). The van der Waals surface area contributed by atoms with E-state index in [-0.39, 0.29) is 0 Å². The van der Waals surface area contributed by atoms with E-state index in [1.54, 1.807) is 0 Å². The molecule has 1 N–H and O–H groups in total. The van der Waals surface area contributed by atoms with Gasteiger partial charge in [-0.25, -0.2) is 0 Å². The zero-order valence-corrected chi connectivity index (χ0v) is 18.7. The highest BCUT2D eigenvalue weighted by Crippen LogP contribution is 2.26. The van der Waals surface area contributed by atoms with Gasteiger partial charge in [-0.15, -0.1) is 0 Å². The average Bonchev–Trinajstić information content (AvgIpc) is 3.28. The largest absolute Gasteiger partial charge is 0.400 e. The number of epoxide rings is 1. The van der Waals surface area contributed by atoms with Gasteiger partial charge in [0, 0.05) is 7.11 Å². The topological polar surface area (TPSA) is 32.8 Å². The number of unbranched alkanes of at least 4 members (excludes halogenated alkanes) is 9. The Kier molecular flexibility index (Phi) is 20.3. The van der Waals surface area contributed by atoms with Gasteiger partial charge in [-0.05, 0) is 25.2 Å². The lowest BCUT2D eigenvalue weighted by Crippen LogP contribution is -2.03. The van der Waals surface area contributed by atoms with Crippen LogP contribution < -0.4 is 0 Å². The minimum absolute atomic E-state index is 0.552. The molecule has 1 aliphatic heterocycles. The van der Waals surface area contributed by atoms with Crippen molar-refractivity contribution in [2.75, 3.05) is 7.11 Å². The predicted octanol–water partition coefficient (Wildman–Crippen LogP) is 7.53. The fraction of sp³-hybridized carbons (Fsp3) is 1.00. The van der Waals surface area contributed by atoms with Crippen molar-refractivity contribution < 1.29 is 9.84 Å². The van der Waals surface area contributed by atoms with Gasteiger partial charge in [-0.1, -0.05) is 105 Å². The maximum atomic E-state index is 7.00. The van der Waals surface area contributed by atoms with Crippen molar-refractivity contribution in [1.29, 1.82) is 0 Å². The summed E-state index contributed by atoms with van der Waals surface area (Å²) in [5, 5.41) is 7.00. The van der Waals surface area contributed by atoms with Crippen molar-refractivity contribution in [3.8, 4) is 0 Å². The molecular formula is C23H50O2. The smallest absolute Gasteiger partial charge is 0.0839 e. The minimum Gasteiger partial charge on any atom is -0.400 e. The first-order chi connectivity index (χ1) is 11.9. The Bertz CT molecular complexity index is 245. The van der Waals surface area contributed by atoms with Crippen LogP contribution in [0, 0.1) is 5.41 Å². The Morgan fingerprint density at radius 1 is 0.720 bits per heavy atom. The predicted molar refractivity (Wildman–Crippen MR) is 113 cm³/mol. The van der Waals surface area contributed by atoms with Gasteiger partial charge in [-0.2, -0.15) is 0 Å². The third kappa shape index (κ3) is 23.9. The second-order valence-corrected chi connectivity index (χ2v) is 8.66. The third-order valence-corrected chi connectivity index (χ3v) is 4.71. The van der Waals surface area contributed by atoms with E-state index in [0.29, 0.717) is 17.6 Å². The highest BCUT2D eigenvalue weighted by molar-refractivity contribution is 4.79. The summed E-state index contributed by atoms with van der Waals surface area (Å²) in [6, 6.07) is 0. The number of rotatable bonds is 12. The molecule has 1 saturated heterocycles. The number of ether oxygens (including phenoxy) is 1. The summed E-state index contributed by atoms with van der Waals surface area (Å²) >= 11 is 0. The minimum atomic E-state index is 0.552. The summed E-state index contributed by atoms with van der Waals surface area (Å²) in [6.07, 6.45) is 19.4. The van der Waals surface area contributed by atoms with Gasteiger partial charge in [0.2, 0.25) is 0 Å². The van der Waals surface area contributed by atoms with E-state index in [1.165, 1.54) is 83.5 Å². The van der Waals surface area contributed by atoms with E-state index < -0.39 is 0 Å². The molecule has 154 valence electrons. The summed E-state index contributed by atoms with van der Waals surface area (Å²) in [5.74, 6) is 0. The summed E-state index contributed by atoms with van der Waals surface area (Å²) < 4.78 is 5.39. The molecule has 1 heterocycles. The quantitative estimate of drug-likeness (QED) is 0.289. The highest BCUT2D eigenvalue weighted by atomic mass is 16.6. The molecule has 0 aliphatic carbocycles. The first kappa shape index (κ1) is 27.1. The van der Waals surface area contributed by atoms with Crippen molar-refractivity contribution in [1.82, 2.24) is 0 Å². The van der Waals surface area contributed by atoms with Crippen molar-refractivity contribution >= 4 is 0 Å². The number of hydrogen-bond acceptors (Lipinski definition) is 2. The van der Waals surface area contributed by atoms with Crippen LogP contribution in [0.5, 0.6) is 0 Å². The fourth-order valence-electron chi connectivity index (χ4n) is 2.90. The number of hydrogen-bond donors (Lipinski definition) is 1. The Balaban J connectivity index is 0. The molecule has 25 heavy (non-hydrogen) atoms. The Morgan fingerprint density at radius 3 is 1.44 bits per heavy atom. The molecule has 0 saturated carbocycles. The van der Waals surface area contributed by atoms with E-state index in [9.17, 15) is 0 Å². The van der Waals surface area contributed by atoms with Crippen molar-refractivity contribution in [2.45, 2.75) is 137 Å². The molecule has 0 aromatic carbocycles. The van der Waals surface area contributed by atoms with Gasteiger partial charge in [0.1, 0.15) is 0 Å². The highest BCUT2D eigenvalue weighted by Gasteiger charge is 2.32. The van der Waals surface area contributed by atoms with E-state index in [4.69, 9.17) is 9.84 Å². The molecule has 1 aliphatic rings. The molecule has 1 fully saturated rings. The molecule has 0 aromatic rings. The molecular weight excluding hydrogens is 308 g/mol. The molecule has 2 nitrogen and oxygen atoms in total. The molecule has 0 spiro atoms. The van der Waals surface area contributed by atoms with Crippen LogP contribution in [0.1, 0.15) is 125 Å². The molecule has 2 heteroatoms. The van der Waals surface area contributed by atoms with Crippen LogP contribution in [0.2, 0.25) is 0 Å². The van der Waals surface area contributed by atoms with E-state index in [1.807, 2.05) is 0 Å². The lowest BCUT2D eigenvalue weighted by molar-refractivity contribution is 0.363. The van der Waals surface area contributed by atoms with Crippen LogP contribution in [0.15, 0.2) is 0 Å². The fourth-order valence-corrected chi connectivity index (χ4v) is 2.90. The van der Waals surface area contributed by atoms with E-state index >= 15 is 0 Å². The SMILES string of the molecule is CCCCC(C)(C)C.CCCCCCCCCCCC1OC1C.CO. The molecule has 2 unspecified atom stereocenters. The summed E-state index contributed by atoms with van der Waals surface area (Å²) in [5.41, 5.74) is 0.552. The van der Waals surface area contributed by atoms with Crippen molar-refractivity contribution in [2.24, 2.45) is 5.41 Å². The van der Waals surface area contributed by atoms with E-state index in [2.05, 4.69) is 41.5 Å². The number of aliphatic hydroxyl groups excluding tert-OH is 1. The van der Waals surface area contributed by atoms with Gasteiger partial charge >= 0.3 is 0 Å². The Labute approximate surface area is 160 Å². The first-order valence-electron chi connectivity index (χ1n) is 11.0. The lowest BCUT2D eigenvalue weighted by Gasteiger charge is -2.16. The molecule has 0 bridgehead atoms. The summed E-state index contributed by atoms with van der Waals surface area (Å²) in [7, 11) is 1.00. The monoisotopic (exact) mass is 358 g/mol. The Morgan fingerprint density at radius 2 is 1.12 bits per heavy atom. The zero-order valence-electron chi connectivity index (χ0n) is 18.7. The van der Waals surface area contributed by atoms with Crippen LogP contribution in [0.25, 0.3) is 0 Å². The van der Waals surface area contributed by atoms with E-state index in [0.717, 1.165) is 7.11 Å². The van der Waals surface area contributed by atoms with Crippen molar-refractivity contribution in [3.63, 3.8) is 0 Å². The average molecular weight is 359 g/mol. The van der Waals surface area contributed by atoms with Crippen LogP contribution in [0.4, 0.5) is 0 Å². The molecule has 0 amide bonds. The van der Waals surface area contributed by atoms with Crippen LogP contribution in [0.3, 0.4) is 0 Å². The van der Waals surface area contributed by atoms with Gasteiger partial charge in [0.15, 0.2) is 0 Å². The molecule has 0 aromatic heterocycles. The third-order valence-electron chi connectivity index (χ3n) is 4.71.